The molecule has 0 aliphatic heterocycles. The minimum Gasteiger partial charge on any atom is -0.351 e. The molecule has 3 aromatic rings. The summed E-state index contributed by atoms with van der Waals surface area (Å²) >= 11 is 1.70. The van der Waals surface area contributed by atoms with Crippen molar-refractivity contribution >= 4 is 41.3 Å². The van der Waals surface area contributed by atoms with Gasteiger partial charge in [0.15, 0.2) is 5.96 Å². The molecule has 0 bridgehead atoms. The number of benzene rings is 1. The first kappa shape index (κ1) is 21.4. The summed E-state index contributed by atoms with van der Waals surface area (Å²) < 4.78 is 0. The average molecular weight is 496 g/mol. The fraction of sp³-hybridized carbons (Fsp3) is 0.316. The van der Waals surface area contributed by atoms with Crippen molar-refractivity contribution in [3.05, 3.63) is 58.4 Å². The van der Waals surface area contributed by atoms with Crippen molar-refractivity contribution in [2.24, 2.45) is 4.99 Å². The van der Waals surface area contributed by atoms with Gasteiger partial charge in [-0.05, 0) is 12.0 Å². The van der Waals surface area contributed by atoms with Crippen LogP contribution in [0.15, 0.2) is 46.9 Å². The molecule has 27 heavy (non-hydrogen) atoms. The second kappa shape index (κ2) is 10.4. The van der Waals surface area contributed by atoms with Gasteiger partial charge in [0.2, 0.25) is 0 Å². The molecular formula is C19H25IN6S. The Morgan fingerprint density at radius 2 is 2.07 bits per heavy atom. The SMILES string of the molecule is CCc1nc(CNC(=NC)N(C)Cc2ncc(-c3ccccc3)[nH]2)cs1.I. The first-order valence-electron chi connectivity index (χ1n) is 8.64. The molecule has 8 heteroatoms. The van der Waals surface area contributed by atoms with Gasteiger partial charge in [-0.3, -0.25) is 4.99 Å². The first-order valence-corrected chi connectivity index (χ1v) is 9.52. The number of rotatable bonds is 6. The van der Waals surface area contributed by atoms with Crippen molar-refractivity contribution < 1.29 is 0 Å². The second-order valence-corrected chi connectivity index (χ2v) is 6.90. The van der Waals surface area contributed by atoms with Crippen LogP contribution in [0.25, 0.3) is 11.3 Å². The van der Waals surface area contributed by atoms with Gasteiger partial charge in [0.1, 0.15) is 5.82 Å². The Bertz CT molecular complexity index is 858. The number of H-pyrrole nitrogens is 1. The molecule has 144 valence electrons. The lowest BCUT2D eigenvalue weighted by Gasteiger charge is -2.20. The van der Waals surface area contributed by atoms with E-state index in [0.717, 1.165) is 40.2 Å². The van der Waals surface area contributed by atoms with Gasteiger partial charge in [0.05, 0.1) is 35.7 Å². The van der Waals surface area contributed by atoms with E-state index in [0.29, 0.717) is 13.1 Å². The molecule has 6 nitrogen and oxygen atoms in total. The highest BCUT2D eigenvalue weighted by molar-refractivity contribution is 14.0. The number of thiazole rings is 1. The fourth-order valence-electron chi connectivity index (χ4n) is 2.65. The van der Waals surface area contributed by atoms with Gasteiger partial charge in [-0.15, -0.1) is 35.3 Å². The second-order valence-electron chi connectivity index (χ2n) is 5.95. The molecule has 0 unspecified atom stereocenters. The lowest BCUT2D eigenvalue weighted by Crippen LogP contribution is -2.38. The van der Waals surface area contributed by atoms with Crippen LogP contribution < -0.4 is 5.32 Å². The van der Waals surface area contributed by atoms with Crippen molar-refractivity contribution in [2.45, 2.75) is 26.4 Å². The number of hydrogen-bond donors (Lipinski definition) is 2. The van der Waals surface area contributed by atoms with E-state index < -0.39 is 0 Å². The summed E-state index contributed by atoms with van der Waals surface area (Å²) in [5.74, 6) is 1.71. The monoisotopic (exact) mass is 496 g/mol. The maximum Gasteiger partial charge on any atom is 0.194 e. The largest absolute Gasteiger partial charge is 0.351 e. The highest BCUT2D eigenvalue weighted by Gasteiger charge is 2.10. The Kier molecular flexibility index (Phi) is 8.23. The van der Waals surface area contributed by atoms with Crippen molar-refractivity contribution in [2.75, 3.05) is 14.1 Å². The highest BCUT2D eigenvalue weighted by Crippen LogP contribution is 2.16. The zero-order valence-corrected chi connectivity index (χ0v) is 18.9. The third kappa shape index (κ3) is 5.77. The Morgan fingerprint density at radius 3 is 2.74 bits per heavy atom. The normalized spacial score (nSPS) is 11.1. The number of nitrogens with zero attached hydrogens (tertiary/aromatic N) is 4. The lowest BCUT2D eigenvalue weighted by atomic mass is 10.2. The van der Waals surface area contributed by atoms with Gasteiger partial charge in [-0.1, -0.05) is 37.3 Å². The molecule has 0 fully saturated rings. The molecule has 0 aliphatic rings. The van der Waals surface area contributed by atoms with Gasteiger partial charge >= 0.3 is 0 Å². The number of aryl methyl sites for hydroxylation is 1. The van der Waals surface area contributed by atoms with Crippen LogP contribution in [-0.2, 0) is 19.5 Å². The number of hydrogen-bond acceptors (Lipinski definition) is 4. The van der Waals surface area contributed by atoms with Gasteiger partial charge in [0.25, 0.3) is 0 Å². The smallest absolute Gasteiger partial charge is 0.194 e. The Labute approximate surface area is 181 Å². The third-order valence-corrected chi connectivity index (χ3v) is 5.04. The maximum atomic E-state index is 4.58. The van der Waals surface area contributed by atoms with Gasteiger partial charge in [-0.2, -0.15) is 0 Å². The fourth-order valence-corrected chi connectivity index (χ4v) is 3.40. The van der Waals surface area contributed by atoms with Crippen LogP contribution in [-0.4, -0.2) is 39.9 Å². The molecule has 0 radical (unpaired) electrons. The molecular weight excluding hydrogens is 471 g/mol. The Morgan fingerprint density at radius 1 is 1.30 bits per heavy atom. The van der Waals surface area contributed by atoms with E-state index >= 15 is 0 Å². The maximum absolute atomic E-state index is 4.58. The Balaban J connectivity index is 0.00000261. The van der Waals surface area contributed by atoms with Crippen LogP contribution in [0.1, 0.15) is 23.4 Å². The molecule has 0 amide bonds. The molecule has 0 saturated carbocycles. The summed E-state index contributed by atoms with van der Waals surface area (Å²) in [4.78, 5) is 18.8. The van der Waals surface area contributed by atoms with E-state index in [-0.39, 0.29) is 24.0 Å². The molecule has 0 spiro atoms. The summed E-state index contributed by atoms with van der Waals surface area (Å²) in [6, 6.07) is 10.2. The quantitative estimate of drug-likeness (QED) is 0.309. The highest BCUT2D eigenvalue weighted by atomic mass is 127. The summed E-state index contributed by atoms with van der Waals surface area (Å²) in [6.45, 7) is 3.43. The molecule has 2 N–H and O–H groups in total. The molecule has 0 atom stereocenters. The standard InChI is InChI=1S/C19H24N6S.HI/c1-4-18-23-15(13-26-18)10-22-19(20-2)25(3)12-17-21-11-16(24-17)14-8-6-5-7-9-14;/h5-9,11,13H,4,10,12H2,1-3H3,(H,20,22)(H,21,24);1H. The minimum absolute atomic E-state index is 0. The van der Waals surface area contributed by atoms with Crippen molar-refractivity contribution in [3.8, 4) is 11.3 Å². The zero-order valence-electron chi connectivity index (χ0n) is 15.8. The molecule has 2 aromatic heterocycles. The lowest BCUT2D eigenvalue weighted by molar-refractivity contribution is 0.463. The van der Waals surface area contributed by atoms with Crippen LogP contribution in [0.2, 0.25) is 0 Å². The Hall–Kier alpha value is -1.94. The van der Waals surface area contributed by atoms with Gasteiger partial charge in [-0.25, -0.2) is 9.97 Å². The van der Waals surface area contributed by atoms with E-state index in [9.17, 15) is 0 Å². The van der Waals surface area contributed by atoms with Crippen LogP contribution in [0.5, 0.6) is 0 Å². The predicted octanol–water partition coefficient (Wildman–Crippen LogP) is 3.92. The van der Waals surface area contributed by atoms with E-state index in [1.165, 1.54) is 0 Å². The van der Waals surface area contributed by atoms with Crippen LogP contribution in [0, 0.1) is 0 Å². The van der Waals surface area contributed by atoms with Crippen molar-refractivity contribution in [1.29, 1.82) is 0 Å². The molecule has 0 saturated heterocycles. The molecule has 1 aromatic carbocycles. The number of aromatic amines is 1. The number of halogens is 1. The number of aromatic nitrogens is 3. The van der Waals surface area contributed by atoms with Crippen molar-refractivity contribution in [1.82, 2.24) is 25.2 Å². The van der Waals surface area contributed by atoms with E-state index in [4.69, 9.17) is 0 Å². The van der Waals surface area contributed by atoms with Crippen LogP contribution >= 0.6 is 35.3 Å². The minimum atomic E-state index is 0. The third-order valence-electron chi connectivity index (χ3n) is 4.00. The van der Waals surface area contributed by atoms with E-state index in [2.05, 4.69) is 49.7 Å². The number of nitrogens with one attached hydrogen (secondary N) is 2. The zero-order chi connectivity index (χ0) is 18.4. The number of imidazole rings is 1. The summed E-state index contributed by atoms with van der Waals surface area (Å²) in [7, 11) is 3.79. The first-order chi connectivity index (χ1) is 12.7. The van der Waals surface area contributed by atoms with Crippen LogP contribution in [0.4, 0.5) is 0 Å². The summed E-state index contributed by atoms with van der Waals surface area (Å²) in [6.07, 6.45) is 2.85. The van der Waals surface area contributed by atoms with Gasteiger partial charge in [0, 0.05) is 19.5 Å². The predicted molar refractivity (Wildman–Crippen MR) is 123 cm³/mol. The molecule has 3 rings (SSSR count). The molecule has 0 aliphatic carbocycles. The summed E-state index contributed by atoms with van der Waals surface area (Å²) in [5, 5.41) is 6.62. The number of guanidine groups is 1. The van der Waals surface area contributed by atoms with Crippen molar-refractivity contribution in [3.63, 3.8) is 0 Å². The summed E-state index contributed by atoms with van der Waals surface area (Å²) in [5.41, 5.74) is 3.20. The average Bonchev–Trinajstić information content (AvgIpc) is 3.32. The van der Waals surface area contributed by atoms with Gasteiger partial charge < -0.3 is 15.2 Å². The van der Waals surface area contributed by atoms with Crippen LogP contribution in [0.3, 0.4) is 0 Å². The van der Waals surface area contributed by atoms with E-state index in [1.54, 1.807) is 18.4 Å². The number of aliphatic imine (C=N–C) groups is 1. The topological polar surface area (TPSA) is 69.2 Å². The molecule has 2 heterocycles. The van der Waals surface area contributed by atoms with E-state index in [1.807, 2.05) is 36.3 Å².